The fourth-order valence-electron chi connectivity index (χ4n) is 2.03. The summed E-state index contributed by atoms with van der Waals surface area (Å²) in [6.45, 7) is 2.16. The molecule has 3 N–H and O–H groups in total. The minimum atomic E-state index is -1.19. The van der Waals surface area contributed by atoms with Crippen LogP contribution in [0.4, 0.5) is 0 Å². The highest BCUT2D eigenvalue weighted by molar-refractivity contribution is 5.83. The molecule has 0 aromatic carbocycles. The van der Waals surface area contributed by atoms with Gasteiger partial charge < -0.3 is 15.5 Å². The average Bonchev–Trinajstić information content (AvgIpc) is 2.41. The molecule has 0 spiro atoms. The number of carboxylic acids is 2. The Morgan fingerprint density at radius 3 is 2.00 bits per heavy atom. The quantitative estimate of drug-likeness (QED) is 0.454. The standard InChI is InChI=1S/C15H27NO5/c1-2-3-4-5-6-7-8-9-13(17)16-12(15(20)21)10-11-14(18)19/h12H,2-11H2,1H3,(H,16,17)(H,18,19)(H,20,21). The molecule has 1 amide bonds. The Morgan fingerprint density at radius 1 is 0.905 bits per heavy atom. The van der Waals surface area contributed by atoms with Gasteiger partial charge in [0.2, 0.25) is 5.91 Å². The highest BCUT2D eigenvalue weighted by Gasteiger charge is 2.20. The zero-order valence-corrected chi connectivity index (χ0v) is 12.8. The normalized spacial score (nSPS) is 11.9. The van der Waals surface area contributed by atoms with E-state index in [0.29, 0.717) is 6.42 Å². The fourth-order valence-corrected chi connectivity index (χ4v) is 2.03. The second-order valence-electron chi connectivity index (χ2n) is 5.26. The molecule has 0 radical (unpaired) electrons. The molecule has 1 atom stereocenters. The van der Waals surface area contributed by atoms with Crippen LogP contribution in [0, 0.1) is 0 Å². The number of aliphatic carboxylic acids is 2. The zero-order chi connectivity index (χ0) is 16.1. The van der Waals surface area contributed by atoms with Crippen molar-refractivity contribution in [1.29, 1.82) is 0 Å². The molecule has 1 unspecified atom stereocenters. The summed E-state index contributed by atoms with van der Waals surface area (Å²) < 4.78 is 0. The molecule has 6 heteroatoms. The highest BCUT2D eigenvalue weighted by atomic mass is 16.4. The number of hydrogen-bond acceptors (Lipinski definition) is 3. The topological polar surface area (TPSA) is 104 Å². The molecule has 0 aliphatic carbocycles. The van der Waals surface area contributed by atoms with Crippen molar-refractivity contribution in [3.63, 3.8) is 0 Å². The van der Waals surface area contributed by atoms with E-state index in [4.69, 9.17) is 10.2 Å². The second kappa shape index (κ2) is 12.2. The number of carbonyl (C=O) groups is 3. The predicted molar refractivity (Wildman–Crippen MR) is 79.0 cm³/mol. The third-order valence-electron chi connectivity index (χ3n) is 3.29. The van der Waals surface area contributed by atoms with E-state index in [2.05, 4.69) is 12.2 Å². The Kier molecular flexibility index (Phi) is 11.3. The van der Waals surface area contributed by atoms with Crippen LogP contribution in [0.25, 0.3) is 0 Å². The Bertz CT molecular complexity index is 330. The molecule has 0 saturated heterocycles. The average molecular weight is 301 g/mol. The monoisotopic (exact) mass is 301 g/mol. The van der Waals surface area contributed by atoms with Crippen molar-refractivity contribution in [2.24, 2.45) is 0 Å². The van der Waals surface area contributed by atoms with Gasteiger partial charge in [-0.15, -0.1) is 0 Å². The fraction of sp³-hybridized carbons (Fsp3) is 0.800. The van der Waals surface area contributed by atoms with Crippen LogP contribution in [-0.4, -0.2) is 34.1 Å². The SMILES string of the molecule is CCCCCCCCCC(=O)NC(CCC(=O)O)C(=O)O. The van der Waals surface area contributed by atoms with Crippen LogP contribution in [0.1, 0.15) is 71.1 Å². The molecule has 0 aliphatic heterocycles. The van der Waals surface area contributed by atoms with E-state index in [-0.39, 0.29) is 18.7 Å². The minimum absolute atomic E-state index is 0.0899. The van der Waals surface area contributed by atoms with Gasteiger partial charge in [0.25, 0.3) is 0 Å². The number of nitrogens with one attached hydrogen (secondary N) is 1. The lowest BCUT2D eigenvalue weighted by atomic mass is 10.1. The van der Waals surface area contributed by atoms with Gasteiger partial charge >= 0.3 is 11.9 Å². The van der Waals surface area contributed by atoms with Gasteiger partial charge in [-0.25, -0.2) is 4.79 Å². The van der Waals surface area contributed by atoms with E-state index in [1.165, 1.54) is 25.7 Å². The summed E-state index contributed by atoms with van der Waals surface area (Å²) in [5, 5.41) is 19.8. The number of carboxylic acid groups (broad SMARTS) is 2. The van der Waals surface area contributed by atoms with E-state index in [9.17, 15) is 14.4 Å². The minimum Gasteiger partial charge on any atom is -0.481 e. The second-order valence-corrected chi connectivity index (χ2v) is 5.26. The molecule has 0 bridgehead atoms. The molecule has 122 valence electrons. The number of rotatable bonds is 13. The van der Waals surface area contributed by atoms with Crippen molar-refractivity contribution in [3.05, 3.63) is 0 Å². The van der Waals surface area contributed by atoms with E-state index >= 15 is 0 Å². The summed E-state index contributed by atoms with van der Waals surface area (Å²) in [7, 11) is 0. The first kappa shape index (κ1) is 19.4. The Hall–Kier alpha value is -1.59. The van der Waals surface area contributed by atoms with Crippen molar-refractivity contribution in [1.82, 2.24) is 5.32 Å². The summed E-state index contributed by atoms with van der Waals surface area (Å²) in [4.78, 5) is 33.0. The molecule has 0 aromatic heterocycles. The van der Waals surface area contributed by atoms with Crippen molar-refractivity contribution in [3.8, 4) is 0 Å². The number of hydrogen-bond donors (Lipinski definition) is 3. The van der Waals surface area contributed by atoms with Gasteiger partial charge in [-0.3, -0.25) is 9.59 Å². The number of carbonyl (C=O) groups excluding carboxylic acids is 1. The largest absolute Gasteiger partial charge is 0.481 e. The lowest BCUT2D eigenvalue weighted by Gasteiger charge is -2.13. The van der Waals surface area contributed by atoms with E-state index in [0.717, 1.165) is 19.3 Å². The van der Waals surface area contributed by atoms with E-state index < -0.39 is 18.0 Å². The van der Waals surface area contributed by atoms with Crippen LogP contribution in [0.5, 0.6) is 0 Å². The van der Waals surface area contributed by atoms with Crippen molar-refractivity contribution in [2.45, 2.75) is 77.2 Å². The maximum Gasteiger partial charge on any atom is 0.326 e. The zero-order valence-electron chi connectivity index (χ0n) is 12.8. The summed E-state index contributed by atoms with van der Waals surface area (Å²) in [6, 6.07) is -1.11. The molecule has 0 heterocycles. The molecule has 21 heavy (non-hydrogen) atoms. The van der Waals surface area contributed by atoms with Gasteiger partial charge in [0, 0.05) is 12.8 Å². The first-order valence-corrected chi connectivity index (χ1v) is 7.71. The van der Waals surface area contributed by atoms with Crippen LogP contribution in [0.2, 0.25) is 0 Å². The molecular formula is C15H27NO5. The van der Waals surface area contributed by atoms with Crippen molar-refractivity contribution < 1.29 is 24.6 Å². The van der Waals surface area contributed by atoms with E-state index in [1.54, 1.807) is 0 Å². The highest BCUT2D eigenvalue weighted by Crippen LogP contribution is 2.08. The van der Waals surface area contributed by atoms with Gasteiger partial charge in [0.05, 0.1) is 0 Å². The molecule has 0 aliphatic rings. The van der Waals surface area contributed by atoms with Crippen LogP contribution in [0.15, 0.2) is 0 Å². The molecule has 0 aromatic rings. The number of amides is 1. The molecule has 6 nitrogen and oxygen atoms in total. The Balaban J connectivity index is 3.78. The van der Waals surface area contributed by atoms with Crippen molar-refractivity contribution >= 4 is 17.8 Å². The summed E-state index contributed by atoms with van der Waals surface area (Å²) in [5.74, 6) is -2.58. The van der Waals surface area contributed by atoms with Crippen LogP contribution >= 0.6 is 0 Å². The smallest absolute Gasteiger partial charge is 0.326 e. The van der Waals surface area contributed by atoms with Crippen LogP contribution < -0.4 is 5.32 Å². The van der Waals surface area contributed by atoms with Gasteiger partial charge in [0.1, 0.15) is 6.04 Å². The molecule has 0 rings (SSSR count). The van der Waals surface area contributed by atoms with Crippen LogP contribution in [0.3, 0.4) is 0 Å². The Morgan fingerprint density at radius 2 is 1.48 bits per heavy atom. The maximum absolute atomic E-state index is 11.6. The lowest BCUT2D eigenvalue weighted by Crippen LogP contribution is -2.41. The van der Waals surface area contributed by atoms with Gasteiger partial charge in [-0.2, -0.15) is 0 Å². The van der Waals surface area contributed by atoms with Crippen molar-refractivity contribution in [2.75, 3.05) is 0 Å². The third kappa shape index (κ3) is 11.9. The van der Waals surface area contributed by atoms with Crippen LogP contribution in [-0.2, 0) is 14.4 Å². The van der Waals surface area contributed by atoms with E-state index in [1.807, 2.05) is 0 Å². The Labute approximate surface area is 125 Å². The molecule has 0 fully saturated rings. The number of unbranched alkanes of at least 4 members (excludes halogenated alkanes) is 6. The lowest BCUT2D eigenvalue weighted by molar-refractivity contribution is -0.143. The molecule has 0 saturated carbocycles. The summed E-state index contributed by atoms with van der Waals surface area (Å²) >= 11 is 0. The first-order chi connectivity index (χ1) is 9.97. The summed E-state index contributed by atoms with van der Waals surface area (Å²) in [5.41, 5.74) is 0. The third-order valence-corrected chi connectivity index (χ3v) is 3.29. The van der Waals surface area contributed by atoms with Gasteiger partial charge in [0.15, 0.2) is 0 Å². The van der Waals surface area contributed by atoms with Gasteiger partial charge in [-0.05, 0) is 12.8 Å². The maximum atomic E-state index is 11.6. The first-order valence-electron chi connectivity index (χ1n) is 7.71. The predicted octanol–water partition coefficient (Wildman–Crippen LogP) is 2.56. The molecular weight excluding hydrogens is 274 g/mol. The van der Waals surface area contributed by atoms with Gasteiger partial charge in [-0.1, -0.05) is 45.4 Å². The summed E-state index contributed by atoms with van der Waals surface area (Å²) in [6.07, 6.45) is 7.57.